The van der Waals surface area contributed by atoms with E-state index in [2.05, 4.69) is 15.2 Å². The number of amides is 1. The number of carboxylic acid groups (broad SMARTS) is 1. The standard InChI is InChI=1S/C32H44N6O6/c1-19-34-23-13-9-11-21(27(23)37(19)16-15-24(33-8)29(41)43-31(2,3)4)22-12-10-14-26(36-22)35-20-17-25(28(39)40)38(18-20)30(42)44-32(5,6)7/h9-14,20,24-25,33H,15-18H2,1-8H3,(H,35,36)(H,39,40)/t20-,24?,25-/m0/s1. The number of benzene rings is 1. The van der Waals surface area contributed by atoms with Gasteiger partial charge >= 0.3 is 18.0 Å². The Balaban J connectivity index is 1.57. The summed E-state index contributed by atoms with van der Waals surface area (Å²) in [6.45, 7) is 13.4. The number of aryl methyl sites for hydroxylation is 2. The van der Waals surface area contributed by atoms with Gasteiger partial charge in [0.15, 0.2) is 0 Å². The quantitative estimate of drug-likeness (QED) is 0.294. The van der Waals surface area contributed by atoms with E-state index >= 15 is 0 Å². The van der Waals surface area contributed by atoms with Crippen molar-refractivity contribution in [1.82, 2.24) is 24.8 Å². The number of aromatic nitrogens is 3. The largest absolute Gasteiger partial charge is 0.480 e. The first-order chi connectivity index (χ1) is 20.6. The lowest BCUT2D eigenvalue weighted by molar-refractivity contribution is -0.157. The maximum Gasteiger partial charge on any atom is 0.411 e. The maximum atomic E-state index is 12.8. The fourth-order valence-electron chi connectivity index (χ4n) is 5.36. The Hall–Kier alpha value is -4.19. The number of hydrogen-bond donors (Lipinski definition) is 3. The van der Waals surface area contributed by atoms with Crippen molar-refractivity contribution in [1.29, 1.82) is 0 Å². The van der Waals surface area contributed by atoms with E-state index in [1.165, 1.54) is 4.90 Å². The number of hydrogen-bond acceptors (Lipinski definition) is 9. The molecule has 1 unspecified atom stereocenters. The summed E-state index contributed by atoms with van der Waals surface area (Å²) in [6, 6.07) is 9.65. The number of ether oxygens (including phenoxy) is 2. The van der Waals surface area contributed by atoms with Gasteiger partial charge in [0.2, 0.25) is 0 Å². The third kappa shape index (κ3) is 7.85. The normalized spacial score (nSPS) is 17.9. The number of carbonyl (C=O) groups excluding carboxylic acids is 2. The van der Waals surface area contributed by atoms with Gasteiger partial charge in [0.05, 0.1) is 16.7 Å². The summed E-state index contributed by atoms with van der Waals surface area (Å²) in [5.41, 5.74) is 1.97. The molecule has 0 radical (unpaired) electrons. The van der Waals surface area contributed by atoms with E-state index in [9.17, 15) is 19.5 Å². The average Bonchev–Trinajstić information content (AvgIpc) is 3.48. The SMILES string of the molecule is CNC(CCn1c(C)nc2cccc(-c3cccc(N[C@H]4C[C@@H](C(=O)O)N(C(=O)OC(C)(C)C)C4)n3)c21)C(=O)OC(C)(C)C. The zero-order valence-corrected chi connectivity index (χ0v) is 26.8. The molecule has 2 aromatic heterocycles. The van der Waals surface area contributed by atoms with Gasteiger partial charge in [0, 0.05) is 31.1 Å². The Kier molecular flexibility index (Phi) is 9.53. The minimum atomic E-state index is -1.08. The van der Waals surface area contributed by atoms with Gasteiger partial charge in [-0.2, -0.15) is 0 Å². The van der Waals surface area contributed by atoms with Crippen molar-refractivity contribution in [3.8, 4) is 11.3 Å². The second-order valence-corrected chi connectivity index (χ2v) is 13.1. The molecular weight excluding hydrogens is 564 g/mol. The Morgan fingerprint density at radius 2 is 1.70 bits per heavy atom. The van der Waals surface area contributed by atoms with E-state index in [0.717, 1.165) is 22.4 Å². The number of nitrogens with one attached hydrogen (secondary N) is 2. The van der Waals surface area contributed by atoms with Crippen LogP contribution in [0.2, 0.25) is 0 Å². The number of likely N-dealkylation sites (tertiary alicyclic amines) is 1. The summed E-state index contributed by atoms with van der Waals surface area (Å²) in [6.07, 6.45) is 0.0620. The third-order valence-corrected chi connectivity index (χ3v) is 7.23. The van der Waals surface area contributed by atoms with Crippen LogP contribution in [0.4, 0.5) is 10.6 Å². The number of imidazole rings is 1. The summed E-state index contributed by atoms with van der Waals surface area (Å²) in [5, 5.41) is 16.2. The molecule has 0 aliphatic carbocycles. The molecule has 12 heteroatoms. The highest BCUT2D eigenvalue weighted by Crippen LogP contribution is 2.30. The van der Waals surface area contributed by atoms with E-state index in [1.807, 2.05) is 64.1 Å². The van der Waals surface area contributed by atoms with Crippen LogP contribution in [0.25, 0.3) is 22.3 Å². The molecule has 12 nitrogen and oxygen atoms in total. The monoisotopic (exact) mass is 608 g/mol. The third-order valence-electron chi connectivity index (χ3n) is 7.23. The van der Waals surface area contributed by atoms with E-state index in [0.29, 0.717) is 24.5 Å². The van der Waals surface area contributed by atoms with Crippen LogP contribution in [-0.4, -0.2) is 85.5 Å². The second-order valence-electron chi connectivity index (χ2n) is 13.1. The molecule has 3 N–H and O–H groups in total. The number of carboxylic acids is 1. The van der Waals surface area contributed by atoms with Crippen molar-refractivity contribution in [2.24, 2.45) is 0 Å². The van der Waals surface area contributed by atoms with Crippen LogP contribution < -0.4 is 10.6 Å². The van der Waals surface area contributed by atoms with Crippen LogP contribution >= 0.6 is 0 Å². The van der Waals surface area contributed by atoms with Gasteiger partial charge in [-0.3, -0.25) is 9.69 Å². The van der Waals surface area contributed by atoms with E-state index in [1.54, 1.807) is 27.8 Å². The van der Waals surface area contributed by atoms with E-state index in [4.69, 9.17) is 19.4 Å². The first kappa shape index (κ1) is 32.7. The molecular formula is C32H44N6O6. The molecule has 1 saturated heterocycles. The number of esters is 1. The van der Waals surface area contributed by atoms with Crippen molar-refractivity contribution < 1.29 is 29.0 Å². The Bertz CT molecular complexity index is 1520. The number of rotatable bonds is 9. The van der Waals surface area contributed by atoms with Crippen LogP contribution in [0.3, 0.4) is 0 Å². The van der Waals surface area contributed by atoms with Crippen LogP contribution in [0, 0.1) is 6.92 Å². The smallest absolute Gasteiger partial charge is 0.411 e. The number of anilines is 1. The van der Waals surface area contributed by atoms with Gasteiger partial charge < -0.3 is 29.8 Å². The molecule has 0 saturated carbocycles. The highest BCUT2D eigenvalue weighted by molar-refractivity contribution is 5.92. The summed E-state index contributed by atoms with van der Waals surface area (Å²) < 4.78 is 13.1. The van der Waals surface area contributed by atoms with Crippen LogP contribution in [0.1, 0.15) is 60.2 Å². The summed E-state index contributed by atoms with van der Waals surface area (Å²) in [5.74, 6) is -0.00861. The predicted octanol–water partition coefficient (Wildman–Crippen LogP) is 4.60. The summed E-state index contributed by atoms with van der Waals surface area (Å²) in [7, 11) is 1.75. The summed E-state index contributed by atoms with van der Waals surface area (Å²) >= 11 is 0. The number of carbonyl (C=O) groups is 3. The molecule has 1 fully saturated rings. The number of fused-ring (bicyclic) bond motifs is 1. The molecule has 3 atom stereocenters. The zero-order chi connectivity index (χ0) is 32.4. The molecule has 3 heterocycles. The van der Waals surface area contributed by atoms with Gasteiger partial charge in [-0.05, 0) is 80.1 Å². The van der Waals surface area contributed by atoms with Crippen molar-refractivity contribution in [2.75, 3.05) is 18.9 Å². The molecule has 1 aliphatic rings. The van der Waals surface area contributed by atoms with Crippen LogP contribution in [0.15, 0.2) is 36.4 Å². The van der Waals surface area contributed by atoms with Gasteiger partial charge in [-0.1, -0.05) is 18.2 Å². The zero-order valence-electron chi connectivity index (χ0n) is 26.8. The lowest BCUT2D eigenvalue weighted by Gasteiger charge is -2.26. The molecule has 1 amide bonds. The minimum absolute atomic E-state index is 0.170. The molecule has 1 aromatic carbocycles. The van der Waals surface area contributed by atoms with E-state index in [-0.39, 0.29) is 25.0 Å². The van der Waals surface area contributed by atoms with E-state index < -0.39 is 35.3 Å². The van der Waals surface area contributed by atoms with Gasteiger partial charge in [0.1, 0.15) is 34.9 Å². The molecule has 238 valence electrons. The topological polar surface area (TPSA) is 148 Å². The molecule has 0 spiro atoms. The number of likely N-dealkylation sites (N-methyl/N-ethyl adjacent to an activating group) is 1. The van der Waals surface area contributed by atoms with Crippen molar-refractivity contribution in [3.63, 3.8) is 0 Å². The number of para-hydroxylation sites is 1. The number of pyridine rings is 1. The molecule has 44 heavy (non-hydrogen) atoms. The van der Waals surface area contributed by atoms with Gasteiger partial charge in [-0.15, -0.1) is 0 Å². The molecule has 0 bridgehead atoms. The highest BCUT2D eigenvalue weighted by Gasteiger charge is 2.41. The first-order valence-corrected chi connectivity index (χ1v) is 14.9. The Morgan fingerprint density at radius 3 is 2.34 bits per heavy atom. The van der Waals surface area contributed by atoms with Crippen LogP contribution in [0.5, 0.6) is 0 Å². The lowest BCUT2D eigenvalue weighted by atomic mass is 10.1. The minimum Gasteiger partial charge on any atom is -0.480 e. The Morgan fingerprint density at radius 1 is 1.02 bits per heavy atom. The average molecular weight is 609 g/mol. The second kappa shape index (κ2) is 12.8. The number of nitrogens with zero attached hydrogens (tertiary/aromatic N) is 4. The summed E-state index contributed by atoms with van der Waals surface area (Å²) in [4.78, 5) is 48.3. The molecule has 4 rings (SSSR count). The van der Waals surface area contributed by atoms with Crippen molar-refractivity contribution >= 4 is 34.9 Å². The molecule has 3 aromatic rings. The lowest BCUT2D eigenvalue weighted by Crippen LogP contribution is -2.43. The predicted molar refractivity (Wildman–Crippen MR) is 167 cm³/mol. The molecule has 1 aliphatic heterocycles. The fraction of sp³-hybridized carbons (Fsp3) is 0.531. The Labute approximate surface area is 258 Å². The number of aliphatic carboxylic acids is 1. The maximum absolute atomic E-state index is 12.8. The van der Waals surface area contributed by atoms with Gasteiger partial charge in [0.25, 0.3) is 0 Å². The fourth-order valence-corrected chi connectivity index (χ4v) is 5.36. The van der Waals surface area contributed by atoms with Crippen LogP contribution in [-0.2, 0) is 25.6 Å². The highest BCUT2D eigenvalue weighted by atomic mass is 16.6. The van der Waals surface area contributed by atoms with Gasteiger partial charge in [-0.25, -0.2) is 19.6 Å². The first-order valence-electron chi connectivity index (χ1n) is 14.9. The van der Waals surface area contributed by atoms with Crippen molar-refractivity contribution in [3.05, 3.63) is 42.2 Å². The van der Waals surface area contributed by atoms with Crippen molar-refractivity contribution in [2.45, 2.75) is 97.2 Å².